The summed E-state index contributed by atoms with van der Waals surface area (Å²) in [5, 5.41) is 12.2. The molecule has 2 aromatic rings. The van der Waals surface area contributed by atoms with Crippen LogP contribution in [0.25, 0.3) is 0 Å². The molecule has 106 valence electrons. The van der Waals surface area contributed by atoms with Crippen molar-refractivity contribution in [2.75, 3.05) is 7.05 Å². The second kappa shape index (κ2) is 6.39. The fourth-order valence-electron chi connectivity index (χ4n) is 1.86. The average Bonchev–Trinajstić information content (AvgIpc) is 2.46. The van der Waals surface area contributed by atoms with Gasteiger partial charge in [0, 0.05) is 17.7 Å². The topological polar surface area (TPSA) is 41.5 Å². The summed E-state index contributed by atoms with van der Waals surface area (Å²) in [7, 11) is 1.79. The maximum Gasteiger partial charge on any atom is 0.131 e. The lowest BCUT2D eigenvalue weighted by Crippen LogP contribution is -2.13. The van der Waals surface area contributed by atoms with Crippen molar-refractivity contribution in [3.8, 4) is 11.5 Å². The third-order valence-electron chi connectivity index (χ3n) is 3.21. The van der Waals surface area contributed by atoms with Gasteiger partial charge in [0.15, 0.2) is 0 Å². The van der Waals surface area contributed by atoms with Gasteiger partial charge >= 0.3 is 0 Å². The highest BCUT2D eigenvalue weighted by atomic mass is 19.1. The van der Waals surface area contributed by atoms with Crippen molar-refractivity contribution in [1.29, 1.82) is 0 Å². The molecule has 0 aromatic heterocycles. The van der Waals surface area contributed by atoms with Crippen LogP contribution in [0.3, 0.4) is 0 Å². The Bertz CT molecular complexity index is 569. The summed E-state index contributed by atoms with van der Waals surface area (Å²) in [6.45, 7) is 2.23. The van der Waals surface area contributed by atoms with Crippen LogP contribution in [0, 0.1) is 5.82 Å². The fraction of sp³-hybridized carbons (Fsp3) is 0.250. The van der Waals surface area contributed by atoms with Crippen molar-refractivity contribution in [3.05, 3.63) is 59.4 Å². The Morgan fingerprint density at radius 2 is 1.90 bits per heavy atom. The van der Waals surface area contributed by atoms with E-state index in [2.05, 4.69) is 5.32 Å². The van der Waals surface area contributed by atoms with Gasteiger partial charge < -0.3 is 15.2 Å². The van der Waals surface area contributed by atoms with E-state index in [-0.39, 0.29) is 17.6 Å². The number of halogens is 1. The zero-order valence-electron chi connectivity index (χ0n) is 11.6. The molecule has 20 heavy (non-hydrogen) atoms. The first-order chi connectivity index (χ1) is 9.60. The Kier molecular flexibility index (Phi) is 4.58. The van der Waals surface area contributed by atoms with Crippen molar-refractivity contribution < 1.29 is 14.2 Å². The smallest absolute Gasteiger partial charge is 0.131 e. The van der Waals surface area contributed by atoms with E-state index < -0.39 is 0 Å². The maximum atomic E-state index is 13.9. The van der Waals surface area contributed by atoms with Crippen molar-refractivity contribution in [2.24, 2.45) is 0 Å². The molecule has 0 bridgehead atoms. The van der Waals surface area contributed by atoms with Gasteiger partial charge in [0.1, 0.15) is 23.9 Å². The van der Waals surface area contributed by atoms with Crippen LogP contribution in [0.5, 0.6) is 11.5 Å². The van der Waals surface area contributed by atoms with Gasteiger partial charge in [0.2, 0.25) is 0 Å². The predicted octanol–water partition coefficient (Wildman–Crippen LogP) is 3.39. The van der Waals surface area contributed by atoms with Gasteiger partial charge in [-0.15, -0.1) is 0 Å². The van der Waals surface area contributed by atoms with E-state index in [0.29, 0.717) is 17.9 Å². The second-order valence-electron chi connectivity index (χ2n) is 4.65. The van der Waals surface area contributed by atoms with Crippen molar-refractivity contribution in [1.82, 2.24) is 5.32 Å². The van der Waals surface area contributed by atoms with Crippen LogP contribution in [-0.4, -0.2) is 12.2 Å². The molecule has 2 aromatic carbocycles. The second-order valence-corrected chi connectivity index (χ2v) is 4.65. The number of ether oxygens (including phenoxy) is 1. The third-order valence-corrected chi connectivity index (χ3v) is 3.21. The van der Waals surface area contributed by atoms with Gasteiger partial charge in [-0.3, -0.25) is 0 Å². The van der Waals surface area contributed by atoms with Crippen LogP contribution < -0.4 is 10.1 Å². The molecule has 2 N–H and O–H groups in total. The van der Waals surface area contributed by atoms with Gasteiger partial charge in [-0.25, -0.2) is 4.39 Å². The van der Waals surface area contributed by atoms with Crippen LogP contribution in [0.2, 0.25) is 0 Å². The largest absolute Gasteiger partial charge is 0.508 e. The lowest BCUT2D eigenvalue weighted by molar-refractivity contribution is 0.304. The zero-order valence-corrected chi connectivity index (χ0v) is 11.6. The molecule has 0 aliphatic carbocycles. The van der Waals surface area contributed by atoms with Gasteiger partial charge in [-0.2, -0.15) is 0 Å². The van der Waals surface area contributed by atoms with Crippen molar-refractivity contribution >= 4 is 0 Å². The van der Waals surface area contributed by atoms with Gasteiger partial charge in [0.25, 0.3) is 0 Å². The number of aromatic hydroxyl groups is 1. The van der Waals surface area contributed by atoms with Gasteiger partial charge in [-0.1, -0.05) is 18.2 Å². The molecule has 0 amide bonds. The standard InChI is InChI=1S/C16H18FNO2/c1-11(18-2)15-8-7-14(9-16(15)17)20-10-12-3-5-13(19)6-4-12/h3-9,11,18-19H,10H2,1-2H3. The van der Waals surface area contributed by atoms with Crippen LogP contribution in [0.15, 0.2) is 42.5 Å². The Hall–Kier alpha value is -2.07. The van der Waals surface area contributed by atoms with E-state index in [9.17, 15) is 9.50 Å². The number of hydrogen-bond acceptors (Lipinski definition) is 3. The molecule has 4 heteroatoms. The molecule has 0 aliphatic rings. The molecule has 0 heterocycles. The first-order valence-corrected chi connectivity index (χ1v) is 6.47. The molecular weight excluding hydrogens is 257 g/mol. The summed E-state index contributed by atoms with van der Waals surface area (Å²) >= 11 is 0. The van der Waals surface area contributed by atoms with Crippen LogP contribution >= 0.6 is 0 Å². The van der Waals surface area contributed by atoms with Crippen LogP contribution in [0.4, 0.5) is 4.39 Å². The number of nitrogens with one attached hydrogen (secondary N) is 1. The average molecular weight is 275 g/mol. The fourth-order valence-corrected chi connectivity index (χ4v) is 1.86. The molecule has 1 unspecified atom stereocenters. The van der Waals surface area contributed by atoms with Gasteiger partial charge in [0.05, 0.1) is 0 Å². The number of phenols is 1. The Morgan fingerprint density at radius 1 is 1.20 bits per heavy atom. The Labute approximate surface area is 118 Å². The normalized spacial score (nSPS) is 12.2. The number of rotatable bonds is 5. The minimum atomic E-state index is -0.282. The molecule has 0 fully saturated rings. The molecule has 0 spiro atoms. The van der Waals surface area contributed by atoms with E-state index in [4.69, 9.17) is 4.74 Å². The Morgan fingerprint density at radius 3 is 2.50 bits per heavy atom. The molecule has 0 saturated heterocycles. The van der Waals surface area contributed by atoms with Crippen molar-refractivity contribution in [3.63, 3.8) is 0 Å². The lowest BCUT2D eigenvalue weighted by Gasteiger charge is -2.13. The lowest BCUT2D eigenvalue weighted by atomic mass is 10.1. The van der Waals surface area contributed by atoms with Crippen LogP contribution in [0.1, 0.15) is 24.1 Å². The summed E-state index contributed by atoms with van der Waals surface area (Å²) in [4.78, 5) is 0. The molecular formula is C16H18FNO2. The quantitative estimate of drug-likeness (QED) is 0.879. The summed E-state index contributed by atoms with van der Waals surface area (Å²) in [6, 6.07) is 11.6. The maximum absolute atomic E-state index is 13.9. The molecule has 0 saturated carbocycles. The Balaban J connectivity index is 2.03. The third kappa shape index (κ3) is 3.48. The first-order valence-electron chi connectivity index (χ1n) is 6.47. The van der Waals surface area contributed by atoms with E-state index in [1.165, 1.54) is 6.07 Å². The minimum absolute atomic E-state index is 0.0406. The summed E-state index contributed by atoms with van der Waals surface area (Å²) in [6.07, 6.45) is 0. The van der Waals surface area contributed by atoms with Crippen molar-refractivity contribution in [2.45, 2.75) is 19.6 Å². The first kappa shape index (κ1) is 14.3. The zero-order chi connectivity index (χ0) is 14.5. The minimum Gasteiger partial charge on any atom is -0.508 e. The van der Waals surface area contributed by atoms with E-state index in [0.717, 1.165) is 5.56 Å². The SMILES string of the molecule is CNC(C)c1ccc(OCc2ccc(O)cc2)cc1F. The molecule has 3 nitrogen and oxygen atoms in total. The summed E-state index contributed by atoms with van der Waals surface area (Å²) in [5.41, 5.74) is 1.53. The number of hydrogen-bond donors (Lipinski definition) is 2. The number of phenolic OH excluding ortho intramolecular Hbond substituents is 1. The predicted molar refractivity (Wildman–Crippen MR) is 76.3 cm³/mol. The van der Waals surface area contributed by atoms with E-state index in [1.807, 2.05) is 6.92 Å². The monoisotopic (exact) mass is 275 g/mol. The summed E-state index contributed by atoms with van der Waals surface area (Å²) in [5.74, 6) is 0.419. The van der Waals surface area contributed by atoms with E-state index >= 15 is 0 Å². The van der Waals surface area contributed by atoms with Crippen LogP contribution in [-0.2, 0) is 6.61 Å². The number of benzene rings is 2. The summed E-state index contributed by atoms with van der Waals surface area (Å²) < 4.78 is 19.5. The highest BCUT2D eigenvalue weighted by Crippen LogP contribution is 2.22. The molecule has 2 rings (SSSR count). The molecule has 1 atom stereocenters. The van der Waals surface area contributed by atoms with E-state index in [1.54, 1.807) is 43.4 Å². The molecule has 0 radical (unpaired) electrons. The highest BCUT2D eigenvalue weighted by molar-refractivity contribution is 5.31. The highest BCUT2D eigenvalue weighted by Gasteiger charge is 2.10. The molecule has 0 aliphatic heterocycles. The van der Waals surface area contributed by atoms with Gasteiger partial charge in [-0.05, 0) is 37.7 Å².